The Morgan fingerprint density at radius 2 is 1.96 bits per heavy atom. The van der Waals surface area contributed by atoms with E-state index in [1.807, 2.05) is 46.9 Å². The summed E-state index contributed by atoms with van der Waals surface area (Å²) in [5.74, 6) is 0.391. The Balaban J connectivity index is 1.64. The van der Waals surface area contributed by atoms with Crippen LogP contribution < -0.4 is 10.1 Å². The number of carbonyl (C=O) groups excluding carboxylic acids is 2. The van der Waals surface area contributed by atoms with Gasteiger partial charge in [-0.25, -0.2) is 4.79 Å². The topological polar surface area (TPSA) is 77.8 Å². The number of amides is 1. The van der Waals surface area contributed by atoms with Crippen LogP contribution >= 0.6 is 22.6 Å². The molecule has 6 nitrogen and oxygen atoms in total. The van der Waals surface area contributed by atoms with E-state index in [1.54, 1.807) is 19.2 Å². The van der Waals surface area contributed by atoms with E-state index >= 15 is 0 Å². The van der Waals surface area contributed by atoms with E-state index in [-0.39, 0.29) is 12.5 Å². The summed E-state index contributed by atoms with van der Waals surface area (Å²) in [5.41, 5.74) is 1.08. The minimum Gasteiger partial charge on any atom is -0.497 e. The van der Waals surface area contributed by atoms with Crippen molar-refractivity contribution >= 4 is 40.5 Å². The molecule has 0 saturated carbocycles. The summed E-state index contributed by atoms with van der Waals surface area (Å²) in [6, 6.07) is 11.1. The van der Waals surface area contributed by atoms with E-state index in [4.69, 9.17) is 13.9 Å². The molecule has 132 valence electrons. The van der Waals surface area contributed by atoms with E-state index in [9.17, 15) is 9.59 Å². The van der Waals surface area contributed by atoms with Crippen LogP contribution in [-0.2, 0) is 20.7 Å². The number of benzene rings is 1. The fourth-order valence-electron chi connectivity index (χ4n) is 1.94. The molecule has 2 aromatic rings. The number of furan rings is 1. The molecule has 1 aromatic heterocycles. The summed E-state index contributed by atoms with van der Waals surface area (Å²) >= 11 is 2.03. The molecular formula is C18H18INO5. The molecule has 0 aliphatic carbocycles. The Hall–Kier alpha value is -2.29. The minimum absolute atomic E-state index is 0.318. The van der Waals surface area contributed by atoms with Gasteiger partial charge in [-0.3, -0.25) is 4.79 Å². The number of hydrogen-bond acceptors (Lipinski definition) is 5. The summed E-state index contributed by atoms with van der Waals surface area (Å²) in [6.45, 7) is 0.144. The Bertz CT molecular complexity index is 736. The molecule has 1 N–H and O–H groups in total. The van der Waals surface area contributed by atoms with Crippen molar-refractivity contribution in [3.05, 3.63) is 57.6 Å². The van der Waals surface area contributed by atoms with Crippen LogP contribution in [0.4, 0.5) is 0 Å². The third kappa shape index (κ3) is 7.00. The number of esters is 1. The van der Waals surface area contributed by atoms with Crippen LogP contribution in [0.2, 0.25) is 0 Å². The van der Waals surface area contributed by atoms with E-state index in [1.165, 1.54) is 12.2 Å². The van der Waals surface area contributed by atoms with Gasteiger partial charge in [-0.05, 0) is 64.9 Å². The molecule has 0 bridgehead atoms. The number of ether oxygens (including phenoxy) is 2. The largest absolute Gasteiger partial charge is 0.497 e. The molecule has 1 heterocycles. The molecular weight excluding hydrogens is 437 g/mol. The van der Waals surface area contributed by atoms with Gasteiger partial charge in [0.05, 0.1) is 7.11 Å². The highest BCUT2D eigenvalue weighted by molar-refractivity contribution is 14.1. The molecule has 0 unspecified atom stereocenters. The smallest absolute Gasteiger partial charge is 0.331 e. The first kappa shape index (κ1) is 19.0. The van der Waals surface area contributed by atoms with Crippen molar-refractivity contribution in [1.82, 2.24) is 5.32 Å². The molecule has 0 aliphatic heterocycles. The van der Waals surface area contributed by atoms with Crippen LogP contribution in [0.15, 0.2) is 46.9 Å². The summed E-state index contributed by atoms with van der Waals surface area (Å²) in [7, 11) is 1.61. The van der Waals surface area contributed by atoms with Crippen molar-refractivity contribution in [2.75, 3.05) is 20.3 Å². The van der Waals surface area contributed by atoms with Crippen molar-refractivity contribution in [2.24, 2.45) is 0 Å². The Morgan fingerprint density at radius 1 is 1.20 bits per heavy atom. The highest BCUT2D eigenvalue weighted by atomic mass is 127. The van der Waals surface area contributed by atoms with E-state index in [0.717, 1.165) is 15.1 Å². The molecule has 1 aromatic carbocycles. The second kappa shape index (κ2) is 9.87. The fraction of sp³-hybridized carbons (Fsp3) is 0.222. The zero-order chi connectivity index (χ0) is 18.1. The van der Waals surface area contributed by atoms with Crippen LogP contribution in [0, 0.1) is 3.77 Å². The lowest BCUT2D eigenvalue weighted by Gasteiger charge is -2.06. The number of rotatable bonds is 8. The predicted molar refractivity (Wildman–Crippen MR) is 101 cm³/mol. The molecule has 0 atom stereocenters. The highest BCUT2D eigenvalue weighted by Gasteiger charge is 2.05. The van der Waals surface area contributed by atoms with Crippen LogP contribution in [0.3, 0.4) is 0 Å². The first-order chi connectivity index (χ1) is 12.1. The summed E-state index contributed by atoms with van der Waals surface area (Å²) in [4.78, 5) is 23.2. The second-order valence-electron chi connectivity index (χ2n) is 5.03. The molecule has 1 amide bonds. The maximum Gasteiger partial charge on any atom is 0.331 e. The van der Waals surface area contributed by atoms with Gasteiger partial charge in [0.2, 0.25) is 0 Å². The van der Waals surface area contributed by atoms with Gasteiger partial charge in [0.25, 0.3) is 5.91 Å². The quantitative estimate of drug-likeness (QED) is 0.377. The van der Waals surface area contributed by atoms with Gasteiger partial charge in [0.1, 0.15) is 11.5 Å². The standard InChI is InChI=1S/C18H18INO5/c1-23-14-4-2-13(3-5-14)10-11-20-17(21)12-24-18(22)9-7-15-6-8-16(19)25-15/h2-9H,10-12H2,1H3,(H,20,21). The first-order valence-corrected chi connectivity index (χ1v) is 8.64. The number of hydrogen-bond donors (Lipinski definition) is 1. The van der Waals surface area contributed by atoms with Crippen molar-refractivity contribution < 1.29 is 23.5 Å². The van der Waals surface area contributed by atoms with Gasteiger partial charge in [0.15, 0.2) is 10.4 Å². The van der Waals surface area contributed by atoms with Crippen LogP contribution in [0.5, 0.6) is 5.75 Å². The zero-order valence-corrected chi connectivity index (χ0v) is 15.8. The summed E-state index contributed by atoms with van der Waals surface area (Å²) in [6.07, 6.45) is 3.40. The lowest BCUT2D eigenvalue weighted by atomic mass is 10.1. The number of nitrogens with one attached hydrogen (secondary N) is 1. The number of carbonyl (C=O) groups is 2. The molecule has 0 saturated heterocycles. The SMILES string of the molecule is COc1ccc(CCNC(=O)COC(=O)C=Cc2ccc(I)o2)cc1. The Kier molecular flexibility index (Phi) is 7.52. The van der Waals surface area contributed by atoms with E-state index < -0.39 is 5.97 Å². The second-order valence-corrected chi connectivity index (χ2v) is 6.09. The minimum atomic E-state index is -0.600. The average Bonchev–Trinajstić information content (AvgIpc) is 3.04. The van der Waals surface area contributed by atoms with Gasteiger partial charge in [-0.2, -0.15) is 0 Å². The van der Waals surface area contributed by atoms with Crippen molar-refractivity contribution in [3.8, 4) is 5.75 Å². The first-order valence-electron chi connectivity index (χ1n) is 7.56. The van der Waals surface area contributed by atoms with Crippen LogP contribution in [0.1, 0.15) is 11.3 Å². The molecule has 0 aliphatic rings. The van der Waals surface area contributed by atoms with Crippen LogP contribution in [0.25, 0.3) is 6.08 Å². The van der Waals surface area contributed by atoms with Crippen molar-refractivity contribution in [3.63, 3.8) is 0 Å². The van der Waals surface area contributed by atoms with E-state index in [2.05, 4.69) is 5.32 Å². The third-order valence-corrected chi connectivity index (χ3v) is 3.80. The van der Waals surface area contributed by atoms with Gasteiger partial charge < -0.3 is 19.2 Å². The monoisotopic (exact) mass is 455 g/mol. The van der Waals surface area contributed by atoms with Gasteiger partial charge in [0, 0.05) is 12.6 Å². The highest BCUT2D eigenvalue weighted by Crippen LogP contribution is 2.12. The molecule has 0 spiro atoms. The number of methoxy groups -OCH3 is 1. The lowest BCUT2D eigenvalue weighted by Crippen LogP contribution is -2.30. The summed E-state index contributed by atoms with van der Waals surface area (Å²) < 4.78 is 16.0. The maximum atomic E-state index is 11.7. The maximum absolute atomic E-state index is 11.7. The molecule has 0 fully saturated rings. The predicted octanol–water partition coefficient (Wildman–Crippen LogP) is 2.81. The average molecular weight is 455 g/mol. The molecule has 7 heteroatoms. The summed E-state index contributed by atoms with van der Waals surface area (Å²) in [5, 5.41) is 2.70. The third-order valence-electron chi connectivity index (χ3n) is 3.22. The lowest BCUT2D eigenvalue weighted by molar-refractivity contribution is -0.143. The molecule has 25 heavy (non-hydrogen) atoms. The van der Waals surface area contributed by atoms with Crippen molar-refractivity contribution in [1.29, 1.82) is 0 Å². The van der Waals surface area contributed by atoms with E-state index in [0.29, 0.717) is 18.7 Å². The zero-order valence-electron chi connectivity index (χ0n) is 13.7. The molecule has 2 rings (SSSR count). The molecule has 0 radical (unpaired) electrons. The Morgan fingerprint density at radius 3 is 2.60 bits per heavy atom. The van der Waals surface area contributed by atoms with Gasteiger partial charge in [-0.1, -0.05) is 12.1 Å². The normalized spacial score (nSPS) is 10.6. The van der Waals surface area contributed by atoms with Gasteiger partial charge >= 0.3 is 5.97 Å². The fourth-order valence-corrected chi connectivity index (χ4v) is 2.38. The van der Waals surface area contributed by atoms with Crippen LogP contribution in [-0.4, -0.2) is 32.1 Å². The van der Waals surface area contributed by atoms with Gasteiger partial charge in [-0.15, -0.1) is 0 Å². The van der Waals surface area contributed by atoms with Crippen molar-refractivity contribution in [2.45, 2.75) is 6.42 Å². The Labute approximate surface area is 159 Å². The number of halogens is 1.